The van der Waals surface area contributed by atoms with Crippen LogP contribution in [0.1, 0.15) is 27.2 Å². The lowest BCUT2D eigenvalue weighted by atomic mass is 10.0. The number of carbonyl (C=O) groups excluding carboxylic acids is 1. The van der Waals surface area contributed by atoms with E-state index in [0.29, 0.717) is 11.4 Å². The Labute approximate surface area is 127 Å². The molecule has 110 valence electrons. The number of halogens is 2. The van der Waals surface area contributed by atoms with Crippen LogP contribution >= 0.6 is 11.6 Å². The topological polar surface area (TPSA) is 39.2 Å². The van der Waals surface area contributed by atoms with Gasteiger partial charge in [-0.3, -0.25) is 9.78 Å². The van der Waals surface area contributed by atoms with Crippen molar-refractivity contribution in [3.63, 3.8) is 0 Å². The van der Waals surface area contributed by atoms with Gasteiger partial charge >= 0.3 is 0 Å². The first-order valence-corrected chi connectivity index (χ1v) is 6.79. The fraction of sp³-hybridized carbons (Fsp3) is 0.250. The molecule has 0 amide bonds. The molecule has 0 radical (unpaired) electrons. The number of pyridine rings is 1. The smallest absolute Gasteiger partial charge is 0.171 e. The van der Waals surface area contributed by atoms with Gasteiger partial charge in [-0.15, -0.1) is 0 Å². The number of rotatable bonds is 4. The van der Waals surface area contributed by atoms with E-state index in [9.17, 15) is 9.18 Å². The van der Waals surface area contributed by atoms with Gasteiger partial charge in [0.05, 0.1) is 29.8 Å². The Bertz CT molecular complexity index is 701. The van der Waals surface area contributed by atoms with Gasteiger partial charge in [0.15, 0.2) is 11.6 Å². The average molecular weight is 308 g/mol. The number of carbonyl (C=O) groups is 1. The zero-order valence-electron chi connectivity index (χ0n) is 12.0. The number of Topliss-reactive ketones (excluding diaryl/α,β-unsaturated/α-hetero) is 1. The minimum Gasteiger partial charge on any atom is -0.496 e. The van der Waals surface area contributed by atoms with E-state index in [-0.39, 0.29) is 22.8 Å². The quantitative estimate of drug-likeness (QED) is 0.804. The van der Waals surface area contributed by atoms with Crippen molar-refractivity contribution in [2.24, 2.45) is 0 Å². The van der Waals surface area contributed by atoms with Crippen LogP contribution in [0.25, 0.3) is 0 Å². The second-order valence-electron chi connectivity index (χ2n) is 4.75. The summed E-state index contributed by atoms with van der Waals surface area (Å²) in [6.07, 6.45) is 1.64. The van der Waals surface area contributed by atoms with E-state index in [1.807, 2.05) is 13.8 Å². The highest BCUT2D eigenvalue weighted by Crippen LogP contribution is 2.25. The van der Waals surface area contributed by atoms with Crippen molar-refractivity contribution in [2.75, 3.05) is 7.11 Å². The van der Waals surface area contributed by atoms with Gasteiger partial charge in [-0.1, -0.05) is 17.7 Å². The number of benzene rings is 1. The fourth-order valence-electron chi connectivity index (χ4n) is 2.22. The minimum atomic E-state index is -0.694. The maximum Gasteiger partial charge on any atom is 0.171 e. The molecule has 0 N–H and O–H groups in total. The molecule has 0 fully saturated rings. The number of nitrogens with zero attached hydrogens (tertiary/aromatic N) is 1. The standard InChI is InChI=1S/C16H15ClFNO2/c1-9-8-19-13(10(2)16(9)21-3)7-14(20)11-5-4-6-12(17)15(11)18/h4-6,8H,7H2,1-3H3. The van der Waals surface area contributed by atoms with Crippen molar-refractivity contribution in [2.45, 2.75) is 20.3 Å². The van der Waals surface area contributed by atoms with E-state index in [2.05, 4.69) is 4.98 Å². The Morgan fingerprint density at radius 2 is 2.10 bits per heavy atom. The molecule has 21 heavy (non-hydrogen) atoms. The molecule has 0 bridgehead atoms. The van der Waals surface area contributed by atoms with Crippen LogP contribution in [-0.4, -0.2) is 17.9 Å². The van der Waals surface area contributed by atoms with Crippen molar-refractivity contribution in [1.82, 2.24) is 4.98 Å². The third-order valence-corrected chi connectivity index (χ3v) is 3.62. The Morgan fingerprint density at radius 3 is 2.76 bits per heavy atom. The molecule has 0 saturated carbocycles. The lowest BCUT2D eigenvalue weighted by Gasteiger charge is -2.12. The third-order valence-electron chi connectivity index (χ3n) is 3.33. The Kier molecular flexibility index (Phi) is 4.58. The summed E-state index contributed by atoms with van der Waals surface area (Å²) in [7, 11) is 1.57. The third kappa shape index (κ3) is 3.05. The van der Waals surface area contributed by atoms with E-state index < -0.39 is 5.82 Å². The van der Waals surface area contributed by atoms with Crippen molar-refractivity contribution in [1.29, 1.82) is 0 Å². The molecule has 0 aliphatic carbocycles. The van der Waals surface area contributed by atoms with Crippen molar-refractivity contribution in [3.05, 3.63) is 57.6 Å². The molecular formula is C16H15ClFNO2. The molecule has 3 nitrogen and oxygen atoms in total. The zero-order valence-corrected chi connectivity index (χ0v) is 12.8. The molecule has 0 unspecified atom stereocenters. The van der Waals surface area contributed by atoms with Crippen LogP contribution in [0.5, 0.6) is 5.75 Å². The van der Waals surface area contributed by atoms with Crippen LogP contribution in [0.3, 0.4) is 0 Å². The molecule has 0 atom stereocenters. The van der Waals surface area contributed by atoms with Crippen LogP contribution < -0.4 is 4.74 Å². The van der Waals surface area contributed by atoms with Crippen LogP contribution in [-0.2, 0) is 6.42 Å². The van der Waals surface area contributed by atoms with Gasteiger partial charge in [-0.25, -0.2) is 4.39 Å². The van der Waals surface area contributed by atoms with Crippen molar-refractivity contribution >= 4 is 17.4 Å². The molecule has 0 saturated heterocycles. The summed E-state index contributed by atoms with van der Waals surface area (Å²) < 4.78 is 19.2. The second-order valence-corrected chi connectivity index (χ2v) is 5.15. The van der Waals surface area contributed by atoms with Crippen LogP contribution in [0.15, 0.2) is 24.4 Å². The lowest BCUT2D eigenvalue weighted by molar-refractivity contribution is 0.0988. The van der Waals surface area contributed by atoms with Gasteiger partial charge < -0.3 is 4.74 Å². The van der Waals surface area contributed by atoms with Gasteiger partial charge in [0, 0.05) is 17.3 Å². The summed E-state index contributed by atoms with van der Waals surface area (Å²) in [5, 5.41) is -0.0629. The molecule has 0 aliphatic rings. The number of hydrogen-bond donors (Lipinski definition) is 0. The molecule has 1 aromatic heterocycles. The van der Waals surface area contributed by atoms with E-state index in [1.54, 1.807) is 19.4 Å². The van der Waals surface area contributed by atoms with Gasteiger partial charge in [-0.05, 0) is 26.0 Å². The van der Waals surface area contributed by atoms with Crippen LogP contribution in [0.4, 0.5) is 4.39 Å². The molecule has 0 spiro atoms. The van der Waals surface area contributed by atoms with E-state index in [4.69, 9.17) is 16.3 Å². The Morgan fingerprint density at radius 1 is 1.38 bits per heavy atom. The summed E-state index contributed by atoms with van der Waals surface area (Å²) in [5.74, 6) is -0.364. The minimum absolute atomic E-state index is 0.000262. The van der Waals surface area contributed by atoms with Gasteiger partial charge in [-0.2, -0.15) is 0 Å². The van der Waals surface area contributed by atoms with Gasteiger partial charge in [0.2, 0.25) is 0 Å². The molecule has 1 heterocycles. The molecule has 1 aromatic carbocycles. The number of ether oxygens (including phenoxy) is 1. The highest BCUT2D eigenvalue weighted by Gasteiger charge is 2.18. The lowest BCUT2D eigenvalue weighted by Crippen LogP contribution is -2.10. The summed E-state index contributed by atoms with van der Waals surface area (Å²) in [4.78, 5) is 16.5. The predicted molar refractivity (Wildman–Crippen MR) is 79.7 cm³/mol. The first-order valence-electron chi connectivity index (χ1n) is 6.42. The summed E-state index contributed by atoms with van der Waals surface area (Å²) in [5.41, 5.74) is 2.22. The number of hydrogen-bond acceptors (Lipinski definition) is 3. The van der Waals surface area contributed by atoms with Crippen LogP contribution in [0.2, 0.25) is 5.02 Å². The highest BCUT2D eigenvalue weighted by molar-refractivity contribution is 6.31. The predicted octanol–water partition coefficient (Wildman–Crippen LogP) is 3.92. The summed E-state index contributed by atoms with van der Waals surface area (Å²) in [6.45, 7) is 3.71. The molecule has 5 heteroatoms. The SMILES string of the molecule is COc1c(C)cnc(CC(=O)c2cccc(Cl)c2F)c1C. The summed E-state index contributed by atoms with van der Waals surface area (Å²) >= 11 is 5.70. The first kappa shape index (κ1) is 15.4. The maximum absolute atomic E-state index is 13.9. The second kappa shape index (κ2) is 6.22. The van der Waals surface area contributed by atoms with Gasteiger partial charge in [0.1, 0.15) is 5.75 Å². The number of ketones is 1. The average Bonchev–Trinajstić information content (AvgIpc) is 2.45. The molecule has 2 rings (SSSR count). The van der Waals surface area contributed by atoms with Crippen LogP contribution in [0, 0.1) is 19.7 Å². The molecule has 0 aliphatic heterocycles. The van der Waals surface area contributed by atoms with Crippen molar-refractivity contribution in [3.8, 4) is 5.75 Å². The zero-order chi connectivity index (χ0) is 15.6. The Hall–Kier alpha value is -1.94. The van der Waals surface area contributed by atoms with E-state index in [1.165, 1.54) is 12.1 Å². The number of aryl methyl sites for hydroxylation is 1. The van der Waals surface area contributed by atoms with E-state index >= 15 is 0 Å². The number of aromatic nitrogens is 1. The highest BCUT2D eigenvalue weighted by atomic mass is 35.5. The Balaban J connectivity index is 2.34. The maximum atomic E-state index is 13.9. The normalized spacial score (nSPS) is 10.5. The molecular weight excluding hydrogens is 293 g/mol. The largest absolute Gasteiger partial charge is 0.496 e. The first-order chi connectivity index (χ1) is 9.95. The molecule has 2 aromatic rings. The number of methoxy groups -OCH3 is 1. The van der Waals surface area contributed by atoms with Crippen molar-refractivity contribution < 1.29 is 13.9 Å². The van der Waals surface area contributed by atoms with Gasteiger partial charge in [0.25, 0.3) is 0 Å². The fourth-order valence-corrected chi connectivity index (χ4v) is 2.39. The summed E-state index contributed by atoms with van der Waals surface area (Å²) in [6, 6.07) is 4.38. The monoisotopic (exact) mass is 307 g/mol. The van der Waals surface area contributed by atoms with E-state index in [0.717, 1.165) is 11.1 Å².